The van der Waals surface area contributed by atoms with E-state index in [0.717, 1.165) is 12.8 Å². The van der Waals surface area contributed by atoms with Gasteiger partial charge >= 0.3 is 0 Å². The molecule has 26 atom stereocenters. The predicted octanol–water partition coefficient (Wildman–Crippen LogP) is -1.70. The van der Waals surface area contributed by atoms with Gasteiger partial charge in [0.05, 0.1) is 49.3 Å². The second-order valence-corrected chi connectivity index (χ2v) is 23.5. The molecule has 4 aliphatic carbocycles. The lowest BCUT2D eigenvalue weighted by Gasteiger charge is -2.67. The molecule has 3 aliphatic heterocycles. The topological polar surface area (TPSA) is 339 Å². The van der Waals surface area contributed by atoms with E-state index in [0.29, 0.717) is 25.7 Å². The van der Waals surface area contributed by atoms with Gasteiger partial charge in [-0.3, -0.25) is 0 Å². The highest BCUT2D eigenvalue weighted by Crippen LogP contribution is 2.75. The van der Waals surface area contributed by atoms with Crippen molar-refractivity contribution in [3.63, 3.8) is 0 Å². The van der Waals surface area contributed by atoms with Gasteiger partial charge in [-0.2, -0.15) is 0 Å². The third-order valence-corrected chi connectivity index (χ3v) is 19.0. The number of hydrogen-bond donors (Lipinski definition) is 14. The molecular formula is C49H84O20. The summed E-state index contributed by atoms with van der Waals surface area (Å²) in [6.45, 7) is 14.3. The molecule has 0 amide bonds. The molecule has 3 saturated carbocycles. The number of ether oxygens (including phenoxy) is 6. The molecule has 400 valence electrons. The Morgan fingerprint density at radius 1 is 0.710 bits per heavy atom. The average molecular weight is 993 g/mol. The zero-order valence-electron chi connectivity index (χ0n) is 41.3. The van der Waals surface area contributed by atoms with Gasteiger partial charge in [0, 0.05) is 23.9 Å². The van der Waals surface area contributed by atoms with Crippen LogP contribution in [-0.2, 0) is 28.4 Å². The third kappa shape index (κ3) is 9.66. The summed E-state index contributed by atoms with van der Waals surface area (Å²) in [5.41, 5.74) is -2.20. The number of rotatable bonds is 15. The van der Waals surface area contributed by atoms with Crippen LogP contribution in [0.4, 0.5) is 0 Å². The van der Waals surface area contributed by atoms with Gasteiger partial charge in [0.2, 0.25) is 0 Å². The van der Waals surface area contributed by atoms with Crippen LogP contribution in [0.2, 0.25) is 0 Å². The van der Waals surface area contributed by atoms with Crippen molar-refractivity contribution in [1.82, 2.24) is 0 Å². The zero-order chi connectivity index (χ0) is 51.1. The molecule has 1 unspecified atom stereocenters. The Morgan fingerprint density at radius 3 is 1.88 bits per heavy atom. The minimum Gasteiger partial charge on any atom is -0.396 e. The lowest BCUT2D eigenvalue weighted by atomic mass is 9.38. The van der Waals surface area contributed by atoms with E-state index in [9.17, 15) is 71.5 Å². The molecule has 0 spiro atoms. The summed E-state index contributed by atoms with van der Waals surface area (Å²) in [4.78, 5) is 0. The number of aliphatic hydroxyl groups excluding tert-OH is 13. The summed E-state index contributed by atoms with van der Waals surface area (Å²) in [5, 5.41) is 151. The number of aliphatic hydroxyl groups is 14. The molecule has 0 aromatic heterocycles. The van der Waals surface area contributed by atoms with E-state index in [1.165, 1.54) is 19.4 Å². The first-order valence-electron chi connectivity index (χ1n) is 25.1. The summed E-state index contributed by atoms with van der Waals surface area (Å²) >= 11 is 0. The monoisotopic (exact) mass is 993 g/mol. The van der Waals surface area contributed by atoms with E-state index in [1.54, 1.807) is 0 Å². The Bertz CT molecular complexity index is 1760. The normalized spacial score (nSPS) is 50.3. The fourth-order valence-electron chi connectivity index (χ4n) is 14.3. The maximum atomic E-state index is 12.6. The van der Waals surface area contributed by atoms with Crippen LogP contribution in [0.15, 0.2) is 11.6 Å². The first-order valence-corrected chi connectivity index (χ1v) is 25.1. The van der Waals surface area contributed by atoms with E-state index < -0.39 is 152 Å². The minimum absolute atomic E-state index is 0.0110. The van der Waals surface area contributed by atoms with Crippen molar-refractivity contribution in [2.24, 2.45) is 45.3 Å². The van der Waals surface area contributed by atoms with E-state index >= 15 is 0 Å². The van der Waals surface area contributed by atoms with Crippen LogP contribution in [0, 0.1) is 45.3 Å². The number of fused-ring (bicyclic) bond motifs is 5. The Balaban J connectivity index is 1.03. The SMILES string of the molecule is C[C@H](C(O)C[C@@H](O[C@@H]1O[C@H](CO[C@@H]2O[C@H](CO)[C@@H](O)[C@H](O)[C@H]2O)[C@@H](O)[C@H](O)[C@H]1O)C(C)(C)O)[C@H]1CC[C@@]2(C)[C@@H]3CC=C4[C@@H](CC[C@H](O[C@@H]5O[C@H](CCO)[C@@H](O)[C@H](O)[C@H]5O)C4(C)C)[C@]3(C)[C@H](O)C[C@]12C. The van der Waals surface area contributed by atoms with Crippen molar-refractivity contribution < 1.29 is 99.9 Å². The van der Waals surface area contributed by atoms with Crippen molar-refractivity contribution in [3.05, 3.63) is 11.6 Å². The molecule has 0 aromatic carbocycles. The summed E-state index contributed by atoms with van der Waals surface area (Å²) in [6, 6.07) is 0. The second-order valence-electron chi connectivity index (χ2n) is 23.5. The van der Waals surface area contributed by atoms with Crippen LogP contribution >= 0.6 is 0 Å². The number of allylic oxidation sites excluding steroid dienone is 1. The van der Waals surface area contributed by atoms with Gasteiger partial charge in [-0.1, -0.05) is 53.2 Å². The number of hydrogen-bond acceptors (Lipinski definition) is 20. The first kappa shape index (κ1) is 55.7. The van der Waals surface area contributed by atoms with Crippen molar-refractivity contribution in [1.29, 1.82) is 0 Å². The molecule has 7 aliphatic rings. The fourth-order valence-corrected chi connectivity index (χ4v) is 14.3. The molecule has 69 heavy (non-hydrogen) atoms. The molecule has 0 bridgehead atoms. The highest BCUT2D eigenvalue weighted by molar-refractivity contribution is 5.32. The minimum atomic E-state index is -1.82. The molecule has 20 nitrogen and oxygen atoms in total. The standard InChI is InChI=1S/C49H84O20/c1-21(25(52)17-32(46(4,5)63)69-44-41(62)38(59)35(56)28(67-44)20-64-42-39(60)37(58)34(55)27(19-51)66-42)22-13-15-47(6)29-11-9-23-24(49(29,8)30(53)18-48(22,47)7)10-12-31(45(23,2)3)68-43-40(61)36(57)33(54)26(65-43)14-16-50/h9,21-22,24-44,50-63H,10-20H2,1-8H3/t21-,22+,24+,25?,26+,27+,28+,29-,30+,31-,32+,33+,34+,35+,36-,37-,38-,39+,40+,41+,42+,43-,44-,47-,48+,49-/m0/s1. The van der Waals surface area contributed by atoms with Crippen molar-refractivity contribution >= 4 is 0 Å². The van der Waals surface area contributed by atoms with Gasteiger partial charge in [0.25, 0.3) is 0 Å². The fraction of sp³-hybridized carbons (Fsp3) is 0.959. The first-order chi connectivity index (χ1) is 32.1. The van der Waals surface area contributed by atoms with Crippen molar-refractivity contribution in [2.45, 2.75) is 229 Å². The van der Waals surface area contributed by atoms with E-state index in [-0.39, 0.29) is 48.5 Å². The van der Waals surface area contributed by atoms with Gasteiger partial charge in [0.15, 0.2) is 18.9 Å². The predicted molar refractivity (Wildman–Crippen MR) is 241 cm³/mol. The lowest BCUT2D eigenvalue weighted by molar-refractivity contribution is -0.342. The molecule has 20 heteroatoms. The van der Waals surface area contributed by atoms with Crippen LogP contribution in [0.3, 0.4) is 0 Å². The third-order valence-electron chi connectivity index (χ3n) is 19.0. The van der Waals surface area contributed by atoms with Gasteiger partial charge in [-0.25, -0.2) is 0 Å². The Labute approximate surface area is 404 Å². The van der Waals surface area contributed by atoms with Gasteiger partial charge in [-0.05, 0) is 93.3 Å². The highest BCUT2D eigenvalue weighted by Gasteiger charge is 2.70. The maximum Gasteiger partial charge on any atom is 0.187 e. The lowest BCUT2D eigenvalue weighted by Crippen LogP contribution is -2.65. The highest BCUT2D eigenvalue weighted by atomic mass is 16.7. The van der Waals surface area contributed by atoms with E-state index in [2.05, 4.69) is 40.7 Å². The molecule has 6 fully saturated rings. The zero-order valence-corrected chi connectivity index (χ0v) is 41.3. The smallest absolute Gasteiger partial charge is 0.187 e. The molecule has 3 saturated heterocycles. The Kier molecular flexibility index (Phi) is 16.6. The molecule has 14 N–H and O–H groups in total. The molecule has 3 heterocycles. The van der Waals surface area contributed by atoms with Gasteiger partial charge < -0.3 is 99.9 Å². The Hall–Kier alpha value is -1.06. The molecule has 0 aromatic rings. The van der Waals surface area contributed by atoms with E-state index in [4.69, 9.17) is 28.4 Å². The second kappa shape index (κ2) is 20.6. The van der Waals surface area contributed by atoms with Gasteiger partial charge in [0.1, 0.15) is 67.1 Å². The molecule has 7 rings (SSSR count). The summed E-state index contributed by atoms with van der Waals surface area (Å²) in [7, 11) is 0. The summed E-state index contributed by atoms with van der Waals surface area (Å²) < 4.78 is 35.4. The van der Waals surface area contributed by atoms with Gasteiger partial charge in [-0.15, -0.1) is 0 Å². The molecule has 0 radical (unpaired) electrons. The van der Waals surface area contributed by atoms with Crippen molar-refractivity contribution in [3.8, 4) is 0 Å². The van der Waals surface area contributed by atoms with E-state index in [1.807, 2.05) is 6.92 Å². The van der Waals surface area contributed by atoms with Crippen LogP contribution in [0.25, 0.3) is 0 Å². The Morgan fingerprint density at radius 2 is 1.28 bits per heavy atom. The largest absolute Gasteiger partial charge is 0.396 e. The quantitative estimate of drug-likeness (QED) is 0.0814. The summed E-state index contributed by atoms with van der Waals surface area (Å²) in [5.74, 6) is -0.336. The average Bonchev–Trinajstić information content (AvgIpc) is 3.56. The van der Waals surface area contributed by atoms with Crippen LogP contribution in [0.1, 0.15) is 107 Å². The molecular weight excluding hydrogens is 909 g/mol. The van der Waals surface area contributed by atoms with Crippen LogP contribution in [-0.4, -0.2) is 213 Å². The van der Waals surface area contributed by atoms with Crippen LogP contribution in [0.5, 0.6) is 0 Å². The van der Waals surface area contributed by atoms with Crippen molar-refractivity contribution in [2.75, 3.05) is 19.8 Å². The summed E-state index contributed by atoms with van der Waals surface area (Å²) in [6.07, 6.45) is -19.8. The van der Waals surface area contributed by atoms with Crippen LogP contribution < -0.4 is 0 Å². The maximum absolute atomic E-state index is 12.6.